The van der Waals surface area contributed by atoms with Gasteiger partial charge in [-0.3, -0.25) is 0 Å². The summed E-state index contributed by atoms with van der Waals surface area (Å²) in [5.41, 5.74) is 0.824. The first-order chi connectivity index (χ1) is 7.48. The van der Waals surface area contributed by atoms with Crippen LogP contribution in [0.2, 0.25) is 0 Å². The van der Waals surface area contributed by atoms with E-state index in [0.29, 0.717) is 13.2 Å². The minimum atomic E-state index is -3.61. The zero-order valence-corrected chi connectivity index (χ0v) is 9.75. The van der Waals surface area contributed by atoms with Crippen LogP contribution in [0.1, 0.15) is 5.56 Å². The first-order valence-corrected chi connectivity index (χ1v) is 6.43. The number of ether oxygens (including phenoxy) is 1. The number of likely N-dealkylation sites (N-methyl/N-ethyl adjacent to an activating group) is 1. The Bertz CT molecular complexity index is 472. The Morgan fingerprint density at radius 2 is 1.88 bits per heavy atom. The molecule has 1 aliphatic rings. The summed E-state index contributed by atoms with van der Waals surface area (Å²) in [5.74, 6) is 0. The van der Waals surface area contributed by atoms with Crippen molar-refractivity contribution >= 4 is 10.0 Å². The predicted octanol–water partition coefficient (Wildman–Crippen LogP) is -0.221. The van der Waals surface area contributed by atoms with Crippen molar-refractivity contribution in [2.24, 2.45) is 5.14 Å². The second-order valence-corrected chi connectivity index (χ2v) is 5.46. The molecule has 0 amide bonds. The molecule has 1 saturated heterocycles. The van der Waals surface area contributed by atoms with E-state index in [9.17, 15) is 8.42 Å². The molecule has 0 radical (unpaired) electrons. The van der Waals surface area contributed by atoms with Crippen molar-refractivity contribution in [1.82, 2.24) is 5.32 Å². The molecule has 0 aromatic heterocycles. The van der Waals surface area contributed by atoms with Crippen LogP contribution >= 0.6 is 0 Å². The SMILES string of the molecule is CNC1(c2ccc(S(N)(=O)=O)cc2)COC1. The van der Waals surface area contributed by atoms with E-state index in [-0.39, 0.29) is 10.4 Å². The second-order valence-electron chi connectivity index (χ2n) is 3.89. The molecule has 1 aliphatic heterocycles. The third-order valence-electron chi connectivity index (χ3n) is 2.91. The zero-order valence-electron chi connectivity index (χ0n) is 8.93. The summed E-state index contributed by atoms with van der Waals surface area (Å²) < 4.78 is 27.3. The highest BCUT2D eigenvalue weighted by molar-refractivity contribution is 7.89. The molecule has 1 fully saturated rings. The van der Waals surface area contributed by atoms with E-state index in [1.54, 1.807) is 12.1 Å². The third-order valence-corrected chi connectivity index (χ3v) is 3.84. The molecule has 0 atom stereocenters. The fourth-order valence-corrected chi connectivity index (χ4v) is 2.24. The van der Waals surface area contributed by atoms with Gasteiger partial charge in [0.05, 0.1) is 23.6 Å². The van der Waals surface area contributed by atoms with Gasteiger partial charge in [-0.1, -0.05) is 12.1 Å². The van der Waals surface area contributed by atoms with Gasteiger partial charge in [0.1, 0.15) is 0 Å². The van der Waals surface area contributed by atoms with Gasteiger partial charge in [0.15, 0.2) is 0 Å². The number of hydrogen-bond donors (Lipinski definition) is 2. The number of rotatable bonds is 3. The molecule has 0 saturated carbocycles. The van der Waals surface area contributed by atoms with E-state index in [4.69, 9.17) is 9.88 Å². The normalized spacial score (nSPS) is 19.1. The summed E-state index contributed by atoms with van der Waals surface area (Å²) in [7, 11) is -1.75. The molecular weight excluding hydrogens is 228 g/mol. The third kappa shape index (κ3) is 1.84. The highest BCUT2D eigenvalue weighted by atomic mass is 32.2. The zero-order chi connectivity index (χ0) is 11.8. The molecule has 0 aliphatic carbocycles. The summed E-state index contributed by atoms with van der Waals surface area (Å²) in [5, 5.41) is 8.21. The van der Waals surface area contributed by atoms with Crippen LogP contribution < -0.4 is 10.5 Å². The minimum absolute atomic E-state index is 0.128. The highest BCUT2D eigenvalue weighted by Crippen LogP contribution is 2.29. The van der Waals surface area contributed by atoms with Crippen LogP contribution in [0.5, 0.6) is 0 Å². The quantitative estimate of drug-likeness (QED) is 0.767. The number of sulfonamides is 1. The highest BCUT2D eigenvalue weighted by Gasteiger charge is 2.38. The molecule has 3 N–H and O–H groups in total. The van der Waals surface area contributed by atoms with E-state index in [1.165, 1.54) is 12.1 Å². The fraction of sp³-hybridized carbons (Fsp3) is 0.400. The number of nitrogens with two attached hydrogens (primary N) is 1. The van der Waals surface area contributed by atoms with Crippen LogP contribution in [-0.4, -0.2) is 28.7 Å². The minimum Gasteiger partial charge on any atom is -0.377 e. The van der Waals surface area contributed by atoms with Gasteiger partial charge >= 0.3 is 0 Å². The maximum absolute atomic E-state index is 11.1. The smallest absolute Gasteiger partial charge is 0.238 e. The Labute approximate surface area is 94.6 Å². The van der Waals surface area contributed by atoms with Crippen molar-refractivity contribution in [2.45, 2.75) is 10.4 Å². The van der Waals surface area contributed by atoms with Crippen LogP contribution in [0.15, 0.2) is 29.2 Å². The predicted molar refractivity (Wildman–Crippen MR) is 59.4 cm³/mol. The van der Waals surface area contributed by atoms with E-state index in [0.717, 1.165) is 5.56 Å². The maximum atomic E-state index is 11.1. The number of hydrogen-bond acceptors (Lipinski definition) is 4. The Kier molecular flexibility index (Phi) is 2.75. The molecule has 0 unspecified atom stereocenters. The van der Waals surface area contributed by atoms with Crippen molar-refractivity contribution < 1.29 is 13.2 Å². The van der Waals surface area contributed by atoms with Gasteiger partial charge in [-0.05, 0) is 24.7 Å². The van der Waals surface area contributed by atoms with Crippen molar-refractivity contribution in [3.8, 4) is 0 Å². The molecule has 5 nitrogen and oxygen atoms in total. The second kappa shape index (κ2) is 3.81. The summed E-state index contributed by atoms with van der Waals surface area (Å²) in [4.78, 5) is 0.128. The van der Waals surface area contributed by atoms with Crippen LogP contribution in [0.3, 0.4) is 0 Å². The average molecular weight is 242 g/mol. The summed E-state index contributed by atoms with van der Waals surface area (Å²) in [6, 6.07) is 6.56. The van der Waals surface area contributed by atoms with Crippen LogP contribution in [-0.2, 0) is 20.3 Å². The lowest BCUT2D eigenvalue weighted by atomic mass is 9.88. The van der Waals surface area contributed by atoms with Crippen molar-refractivity contribution in [3.05, 3.63) is 29.8 Å². The Morgan fingerprint density at radius 3 is 2.19 bits per heavy atom. The molecule has 2 rings (SSSR count). The first kappa shape index (κ1) is 11.5. The fourth-order valence-electron chi connectivity index (χ4n) is 1.73. The summed E-state index contributed by atoms with van der Waals surface area (Å²) in [6.45, 7) is 1.19. The standard InChI is InChI=1S/C10H14N2O3S/c1-12-10(6-15-7-10)8-2-4-9(5-3-8)16(11,13)14/h2-5,12H,6-7H2,1H3,(H2,11,13,14). The van der Waals surface area contributed by atoms with Gasteiger partial charge in [0.25, 0.3) is 0 Å². The van der Waals surface area contributed by atoms with Gasteiger partial charge < -0.3 is 10.1 Å². The molecule has 6 heteroatoms. The molecule has 0 spiro atoms. The van der Waals surface area contributed by atoms with Crippen molar-refractivity contribution in [1.29, 1.82) is 0 Å². The molecule has 88 valence electrons. The lowest BCUT2D eigenvalue weighted by Crippen LogP contribution is -2.56. The summed E-state index contributed by atoms with van der Waals surface area (Å²) >= 11 is 0. The Balaban J connectivity index is 2.33. The molecule has 1 aromatic rings. The lowest BCUT2D eigenvalue weighted by molar-refractivity contribution is -0.0748. The average Bonchev–Trinajstić information content (AvgIpc) is 2.16. The lowest BCUT2D eigenvalue weighted by Gasteiger charge is -2.41. The van der Waals surface area contributed by atoms with Crippen LogP contribution in [0.25, 0.3) is 0 Å². The van der Waals surface area contributed by atoms with Crippen LogP contribution in [0, 0.1) is 0 Å². The van der Waals surface area contributed by atoms with Crippen molar-refractivity contribution in [3.63, 3.8) is 0 Å². The number of nitrogens with one attached hydrogen (secondary N) is 1. The van der Waals surface area contributed by atoms with E-state index < -0.39 is 10.0 Å². The topological polar surface area (TPSA) is 81.4 Å². The molecule has 16 heavy (non-hydrogen) atoms. The summed E-state index contributed by atoms with van der Waals surface area (Å²) in [6.07, 6.45) is 0. The molecule has 1 aromatic carbocycles. The molecular formula is C10H14N2O3S. The van der Waals surface area contributed by atoms with E-state index >= 15 is 0 Å². The molecule has 1 heterocycles. The Hall–Kier alpha value is -0.950. The van der Waals surface area contributed by atoms with E-state index in [2.05, 4.69) is 5.32 Å². The van der Waals surface area contributed by atoms with Gasteiger partial charge in [-0.25, -0.2) is 13.6 Å². The first-order valence-electron chi connectivity index (χ1n) is 4.88. The van der Waals surface area contributed by atoms with Gasteiger partial charge in [-0.2, -0.15) is 0 Å². The van der Waals surface area contributed by atoms with E-state index in [1.807, 2.05) is 7.05 Å². The van der Waals surface area contributed by atoms with Crippen molar-refractivity contribution in [2.75, 3.05) is 20.3 Å². The number of benzene rings is 1. The van der Waals surface area contributed by atoms with Crippen LogP contribution in [0.4, 0.5) is 0 Å². The van der Waals surface area contributed by atoms with Gasteiger partial charge in [-0.15, -0.1) is 0 Å². The van der Waals surface area contributed by atoms with Gasteiger partial charge in [0, 0.05) is 0 Å². The Morgan fingerprint density at radius 1 is 1.31 bits per heavy atom. The van der Waals surface area contributed by atoms with Gasteiger partial charge in [0.2, 0.25) is 10.0 Å². The number of primary sulfonamides is 1. The maximum Gasteiger partial charge on any atom is 0.238 e. The monoisotopic (exact) mass is 242 g/mol. The molecule has 0 bridgehead atoms. The largest absolute Gasteiger partial charge is 0.377 e.